The summed E-state index contributed by atoms with van der Waals surface area (Å²) in [5.41, 5.74) is 4.50. The summed E-state index contributed by atoms with van der Waals surface area (Å²) in [6.07, 6.45) is 11.3. The van der Waals surface area contributed by atoms with E-state index in [2.05, 4.69) is 43.3 Å². The largest absolute Gasteiger partial charge is 0.0767 e. The summed E-state index contributed by atoms with van der Waals surface area (Å²) in [5.74, 6) is 0.669. The zero-order chi connectivity index (χ0) is 12.2. The van der Waals surface area contributed by atoms with Crippen LogP contribution in [0.25, 0.3) is 0 Å². The van der Waals surface area contributed by atoms with Crippen molar-refractivity contribution in [1.29, 1.82) is 0 Å². The molecule has 0 amide bonds. The molecule has 3 unspecified atom stereocenters. The van der Waals surface area contributed by atoms with E-state index in [-0.39, 0.29) is 0 Å². The van der Waals surface area contributed by atoms with E-state index in [1.54, 1.807) is 5.57 Å². The van der Waals surface area contributed by atoms with Crippen LogP contribution in [0, 0.1) is 10.8 Å². The van der Waals surface area contributed by atoms with E-state index >= 15 is 0 Å². The Morgan fingerprint density at radius 1 is 1.06 bits per heavy atom. The van der Waals surface area contributed by atoms with Crippen molar-refractivity contribution < 1.29 is 0 Å². The third kappa shape index (κ3) is 1.32. The molecule has 2 fully saturated rings. The molecule has 0 aromatic heterocycles. The Hall–Kier alpha value is -1.04. The van der Waals surface area contributed by atoms with Gasteiger partial charge in [0.2, 0.25) is 0 Å². The smallest absolute Gasteiger partial charge is 0.00750 e. The lowest BCUT2D eigenvalue weighted by Gasteiger charge is -2.59. The summed E-state index contributed by atoms with van der Waals surface area (Å²) in [6, 6.07) is 11.2. The minimum atomic E-state index is 0.517. The quantitative estimate of drug-likeness (QED) is 0.599. The molecule has 0 aliphatic heterocycles. The lowest BCUT2D eigenvalue weighted by molar-refractivity contribution is 0.0285. The molecule has 0 heterocycles. The second-order valence-electron chi connectivity index (χ2n) is 7.04. The van der Waals surface area contributed by atoms with Crippen molar-refractivity contribution in [2.24, 2.45) is 10.8 Å². The molecule has 0 radical (unpaired) electrons. The lowest BCUT2D eigenvalue weighted by atomic mass is 9.45. The third-order valence-electron chi connectivity index (χ3n) is 5.98. The van der Waals surface area contributed by atoms with Gasteiger partial charge < -0.3 is 0 Å². The molecular formula is C18H22. The second-order valence-corrected chi connectivity index (χ2v) is 7.04. The first kappa shape index (κ1) is 10.8. The van der Waals surface area contributed by atoms with Crippen LogP contribution in [0.15, 0.2) is 42.0 Å². The first-order valence-corrected chi connectivity index (χ1v) is 7.48. The minimum Gasteiger partial charge on any atom is -0.0767 e. The fourth-order valence-corrected chi connectivity index (χ4v) is 4.98. The summed E-state index contributed by atoms with van der Waals surface area (Å²) >= 11 is 0. The van der Waals surface area contributed by atoms with Crippen LogP contribution in [0.1, 0.15) is 56.9 Å². The molecule has 0 nitrogen and oxygen atoms in total. The predicted molar refractivity (Wildman–Crippen MR) is 75.5 cm³/mol. The van der Waals surface area contributed by atoms with Gasteiger partial charge in [0.05, 0.1) is 0 Å². The zero-order valence-corrected chi connectivity index (χ0v) is 11.3. The Bertz CT molecular complexity index is 498. The molecule has 0 saturated heterocycles. The van der Waals surface area contributed by atoms with Crippen LogP contribution in [-0.4, -0.2) is 0 Å². The molecule has 3 atom stereocenters. The van der Waals surface area contributed by atoms with Crippen molar-refractivity contribution >= 4 is 0 Å². The Kier molecular flexibility index (Phi) is 2.11. The van der Waals surface area contributed by atoms with Gasteiger partial charge in [0.1, 0.15) is 0 Å². The van der Waals surface area contributed by atoms with Crippen LogP contribution < -0.4 is 0 Å². The Morgan fingerprint density at radius 3 is 2.61 bits per heavy atom. The van der Waals surface area contributed by atoms with Gasteiger partial charge in [-0.05, 0) is 48.5 Å². The van der Waals surface area contributed by atoms with Crippen molar-refractivity contribution in [2.75, 3.05) is 0 Å². The SMILES string of the molecule is CC12CCCC3(CCC3=CC1c1ccccc1)C2. The zero-order valence-electron chi connectivity index (χ0n) is 11.3. The van der Waals surface area contributed by atoms with Crippen LogP contribution in [0.5, 0.6) is 0 Å². The standard InChI is InChI=1S/C18H22/c1-17-9-5-10-18(13-17)11-8-15(18)12-16(17)14-6-3-2-4-7-14/h2-4,6-7,12,16H,5,8-11,13H2,1H3. The van der Waals surface area contributed by atoms with Crippen LogP contribution in [0.2, 0.25) is 0 Å². The predicted octanol–water partition coefficient (Wildman–Crippen LogP) is 5.07. The highest BCUT2D eigenvalue weighted by molar-refractivity contribution is 5.38. The van der Waals surface area contributed by atoms with Crippen molar-refractivity contribution in [3.8, 4) is 0 Å². The van der Waals surface area contributed by atoms with Crippen molar-refractivity contribution in [3.05, 3.63) is 47.5 Å². The molecule has 0 heteroatoms. The lowest BCUT2D eigenvalue weighted by Crippen LogP contribution is -2.47. The van der Waals surface area contributed by atoms with Crippen LogP contribution in [0.3, 0.4) is 0 Å². The molecule has 18 heavy (non-hydrogen) atoms. The molecule has 94 valence electrons. The Balaban J connectivity index is 1.82. The second kappa shape index (κ2) is 3.50. The highest BCUT2D eigenvalue weighted by Crippen LogP contribution is 2.67. The van der Waals surface area contributed by atoms with E-state index in [0.29, 0.717) is 16.7 Å². The van der Waals surface area contributed by atoms with E-state index in [0.717, 1.165) is 0 Å². The van der Waals surface area contributed by atoms with Gasteiger partial charge >= 0.3 is 0 Å². The molecular weight excluding hydrogens is 216 g/mol. The van der Waals surface area contributed by atoms with Gasteiger partial charge in [0, 0.05) is 5.92 Å². The maximum atomic E-state index is 2.65. The summed E-state index contributed by atoms with van der Waals surface area (Å²) in [6.45, 7) is 2.54. The van der Waals surface area contributed by atoms with Gasteiger partial charge in [0.15, 0.2) is 0 Å². The third-order valence-corrected chi connectivity index (χ3v) is 5.98. The molecule has 4 rings (SSSR count). The highest BCUT2D eigenvalue weighted by Gasteiger charge is 2.54. The summed E-state index contributed by atoms with van der Waals surface area (Å²) in [5, 5.41) is 0. The van der Waals surface area contributed by atoms with Gasteiger partial charge in [-0.25, -0.2) is 0 Å². The molecule has 0 N–H and O–H groups in total. The highest BCUT2D eigenvalue weighted by atomic mass is 14.6. The number of hydrogen-bond acceptors (Lipinski definition) is 0. The topological polar surface area (TPSA) is 0 Å². The maximum absolute atomic E-state index is 2.65. The average Bonchev–Trinajstić information content (AvgIpc) is 2.38. The molecule has 3 aliphatic carbocycles. The van der Waals surface area contributed by atoms with E-state index in [1.165, 1.54) is 44.1 Å². The molecule has 1 spiro atoms. The van der Waals surface area contributed by atoms with Crippen LogP contribution >= 0.6 is 0 Å². The Morgan fingerprint density at radius 2 is 1.89 bits per heavy atom. The Labute approximate surface area is 110 Å². The van der Waals surface area contributed by atoms with Gasteiger partial charge in [-0.15, -0.1) is 0 Å². The first-order chi connectivity index (χ1) is 8.72. The first-order valence-electron chi connectivity index (χ1n) is 7.48. The number of rotatable bonds is 1. The van der Waals surface area contributed by atoms with Crippen molar-refractivity contribution in [3.63, 3.8) is 0 Å². The normalized spacial score (nSPS) is 41.6. The molecule has 1 aromatic rings. The van der Waals surface area contributed by atoms with Gasteiger partial charge in [-0.1, -0.05) is 55.3 Å². The average molecular weight is 238 g/mol. The fraction of sp³-hybridized carbons (Fsp3) is 0.556. The summed E-state index contributed by atoms with van der Waals surface area (Å²) in [4.78, 5) is 0. The number of allylic oxidation sites excluding steroid dienone is 2. The maximum Gasteiger partial charge on any atom is 0.00750 e. The minimum absolute atomic E-state index is 0.517. The molecule has 1 aromatic carbocycles. The van der Waals surface area contributed by atoms with Gasteiger partial charge in [-0.2, -0.15) is 0 Å². The summed E-state index contributed by atoms with van der Waals surface area (Å²) in [7, 11) is 0. The van der Waals surface area contributed by atoms with E-state index in [4.69, 9.17) is 0 Å². The number of benzene rings is 1. The van der Waals surface area contributed by atoms with Crippen LogP contribution in [0.4, 0.5) is 0 Å². The van der Waals surface area contributed by atoms with Gasteiger partial charge in [0.25, 0.3) is 0 Å². The van der Waals surface area contributed by atoms with E-state index in [1.807, 2.05) is 0 Å². The molecule has 3 aliphatic rings. The number of fused-ring (bicyclic) bond motifs is 1. The van der Waals surface area contributed by atoms with Crippen molar-refractivity contribution in [1.82, 2.24) is 0 Å². The van der Waals surface area contributed by atoms with Gasteiger partial charge in [-0.3, -0.25) is 0 Å². The van der Waals surface area contributed by atoms with E-state index < -0.39 is 0 Å². The molecule has 2 saturated carbocycles. The fourth-order valence-electron chi connectivity index (χ4n) is 4.98. The monoisotopic (exact) mass is 238 g/mol. The molecule has 2 bridgehead atoms. The van der Waals surface area contributed by atoms with Crippen molar-refractivity contribution in [2.45, 2.75) is 51.4 Å². The van der Waals surface area contributed by atoms with E-state index in [9.17, 15) is 0 Å². The summed E-state index contributed by atoms with van der Waals surface area (Å²) < 4.78 is 0. The van der Waals surface area contributed by atoms with Crippen LogP contribution in [-0.2, 0) is 0 Å². The number of hydrogen-bond donors (Lipinski definition) is 0.